The van der Waals surface area contributed by atoms with Crippen LogP contribution in [0.2, 0.25) is 0 Å². The molecule has 0 aromatic heterocycles. The third-order valence-corrected chi connectivity index (χ3v) is 4.25. The number of nitrogens with two attached hydrogens (primary N) is 1. The minimum Gasteiger partial charge on any atom is -0.324 e. The summed E-state index contributed by atoms with van der Waals surface area (Å²) in [6.07, 6.45) is 0.870. The highest BCUT2D eigenvalue weighted by Crippen LogP contribution is 2.25. The largest absolute Gasteiger partial charge is 0.324 e. The number of hydrogen-bond donors (Lipinski definition) is 1. The van der Waals surface area contributed by atoms with Gasteiger partial charge in [0.05, 0.1) is 0 Å². The molecule has 3 aromatic rings. The Kier molecular flexibility index (Phi) is 3.76. The van der Waals surface area contributed by atoms with Crippen molar-refractivity contribution in [2.75, 3.05) is 0 Å². The van der Waals surface area contributed by atoms with Crippen molar-refractivity contribution >= 4 is 10.8 Å². The minimum absolute atomic E-state index is 0.0261. The van der Waals surface area contributed by atoms with Gasteiger partial charge in [0, 0.05) is 6.04 Å². The fourth-order valence-electron chi connectivity index (χ4n) is 2.87. The molecule has 1 heteroatoms. The molecular weight excluding hydrogens is 254 g/mol. The zero-order valence-electron chi connectivity index (χ0n) is 12.6. The van der Waals surface area contributed by atoms with E-state index in [1.165, 1.54) is 33.0 Å². The van der Waals surface area contributed by atoms with E-state index in [2.05, 4.69) is 74.5 Å². The lowest BCUT2D eigenvalue weighted by atomic mass is 9.93. The molecule has 106 valence electrons. The van der Waals surface area contributed by atoms with Gasteiger partial charge in [-0.25, -0.2) is 0 Å². The molecule has 0 aliphatic heterocycles. The lowest BCUT2D eigenvalue weighted by molar-refractivity contribution is 0.727. The molecule has 0 aliphatic carbocycles. The first kappa shape index (κ1) is 13.8. The summed E-state index contributed by atoms with van der Waals surface area (Å²) in [7, 11) is 0. The quantitative estimate of drug-likeness (QED) is 0.736. The Labute approximate surface area is 126 Å². The number of fused-ring (bicyclic) bond motifs is 1. The van der Waals surface area contributed by atoms with E-state index in [0.717, 1.165) is 6.42 Å². The predicted molar refractivity (Wildman–Crippen MR) is 90.5 cm³/mol. The van der Waals surface area contributed by atoms with Crippen LogP contribution in [-0.4, -0.2) is 0 Å². The van der Waals surface area contributed by atoms with Crippen LogP contribution in [-0.2, 0) is 6.42 Å². The molecule has 0 saturated heterocycles. The van der Waals surface area contributed by atoms with Crippen LogP contribution in [0.25, 0.3) is 10.8 Å². The lowest BCUT2D eigenvalue weighted by Crippen LogP contribution is -2.14. The maximum atomic E-state index is 6.48. The molecule has 0 saturated carbocycles. The molecule has 0 bridgehead atoms. The van der Waals surface area contributed by atoms with Gasteiger partial charge in [0.2, 0.25) is 0 Å². The van der Waals surface area contributed by atoms with Crippen LogP contribution in [0.3, 0.4) is 0 Å². The molecule has 1 unspecified atom stereocenters. The summed E-state index contributed by atoms with van der Waals surface area (Å²) in [5, 5.41) is 2.52. The Hall–Kier alpha value is -2.12. The second-order valence-corrected chi connectivity index (χ2v) is 5.80. The Balaban J connectivity index is 1.93. The van der Waals surface area contributed by atoms with Gasteiger partial charge in [0.25, 0.3) is 0 Å². The summed E-state index contributed by atoms with van der Waals surface area (Å²) in [4.78, 5) is 0. The average Bonchev–Trinajstić information content (AvgIpc) is 2.50. The summed E-state index contributed by atoms with van der Waals surface area (Å²) >= 11 is 0. The summed E-state index contributed by atoms with van der Waals surface area (Å²) in [5.41, 5.74) is 11.7. The highest BCUT2D eigenvalue weighted by Gasteiger charge is 2.10. The Morgan fingerprint density at radius 3 is 2.43 bits per heavy atom. The number of benzene rings is 3. The second-order valence-electron chi connectivity index (χ2n) is 5.80. The van der Waals surface area contributed by atoms with E-state index in [1.807, 2.05) is 0 Å². The van der Waals surface area contributed by atoms with E-state index in [-0.39, 0.29) is 6.04 Å². The van der Waals surface area contributed by atoms with Gasteiger partial charge in [0.15, 0.2) is 0 Å². The van der Waals surface area contributed by atoms with Crippen molar-refractivity contribution in [1.82, 2.24) is 0 Å². The van der Waals surface area contributed by atoms with E-state index in [0.29, 0.717) is 0 Å². The fourth-order valence-corrected chi connectivity index (χ4v) is 2.87. The Bertz CT molecular complexity index is 768. The van der Waals surface area contributed by atoms with Gasteiger partial charge in [-0.05, 0) is 53.3 Å². The van der Waals surface area contributed by atoms with Gasteiger partial charge in [-0.15, -0.1) is 0 Å². The van der Waals surface area contributed by atoms with Crippen LogP contribution < -0.4 is 5.73 Å². The first-order valence-electron chi connectivity index (χ1n) is 7.44. The smallest absolute Gasteiger partial charge is 0.0341 e. The highest BCUT2D eigenvalue weighted by atomic mass is 14.6. The number of aryl methyl sites for hydroxylation is 2. The van der Waals surface area contributed by atoms with Gasteiger partial charge in [-0.1, -0.05) is 60.7 Å². The molecular formula is C20H21N. The van der Waals surface area contributed by atoms with Crippen LogP contribution in [0.4, 0.5) is 0 Å². The highest BCUT2D eigenvalue weighted by molar-refractivity contribution is 5.86. The number of hydrogen-bond acceptors (Lipinski definition) is 1. The van der Waals surface area contributed by atoms with Crippen molar-refractivity contribution in [2.24, 2.45) is 5.73 Å². The van der Waals surface area contributed by atoms with Crippen LogP contribution in [0, 0.1) is 13.8 Å². The van der Waals surface area contributed by atoms with E-state index in [1.54, 1.807) is 0 Å². The minimum atomic E-state index is 0.0261. The summed E-state index contributed by atoms with van der Waals surface area (Å²) < 4.78 is 0. The zero-order chi connectivity index (χ0) is 14.8. The van der Waals surface area contributed by atoms with Gasteiger partial charge < -0.3 is 5.73 Å². The standard InChI is InChI=1S/C20H21N/c1-14-10-11-16(12-15(14)2)13-20(21)19-9-5-7-17-6-3-4-8-18(17)19/h3-12,20H,13,21H2,1-2H3. The van der Waals surface area contributed by atoms with Crippen LogP contribution >= 0.6 is 0 Å². The van der Waals surface area contributed by atoms with Crippen molar-refractivity contribution < 1.29 is 0 Å². The first-order chi connectivity index (χ1) is 10.1. The van der Waals surface area contributed by atoms with Crippen LogP contribution in [0.15, 0.2) is 60.7 Å². The maximum absolute atomic E-state index is 6.48. The SMILES string of the molecule is Cc1ccc(CC(N)c2cccc3ccccc23)cc1C. The normalized spacial score (nSPS) is 12.5. The predicted octanol–water partition coefficient (Wildman–Crippen LogP) is 4.70. The van der Waals surface area contributed by atoms with E-state index < -0.39 is 0 Å². The van der Waals surface area contributed by atoms with Crippen LogP contribution in [0.5, 0.6) is 0 Å². The van der Waals surface area contributed by atoms with Crippen molar-refractivity contribution in [3.63, 3.8) is 0 Å². The molecule has 0 heterocycles. The molecule has 0 amide bonds. The first-order valence-corrected chi connectivity index (χ1v) is 7.44. The zero-order valence-corrected chi connectivity index (χ0v) is 12.6. The molecule has 3 rings (SSSR count). The number of rotatable bonds is 3. The van der Waals surface area contributed by atoms with Crippen molar-refractivity contribution in [3.05, 3.63) is 82.9 Å². The molecule has 3 aromatic carbocycles. The molecule has 21 heavy (non-hydrogen) atoms. The van der Waals surface area contributed by atoms with E-state index >= 15 is 0 Å². The van der Waals surface area contributed by atoms with Crippen LogP contribution in [0.1, 0.15) is 28.3 Å². The third-order valence-electron chi connectivity index (χ3n) is 4.25. The van der Waals surface area contributed by atoms with E-state index in [4.69, 9.17) is 5.73 Å². The van der Waals surface area contributed by atoms with Gasteiger partial charge >= 0.3 is 0 Å². The Morgan fingerprint density at radius 2 is 1.62 bits per heavy atom. The molecule has 0 aliphatic rings. The monoisotopic (exact) mass is 275 g/mol. The van der Waals surface area contributed by atoms with E-state index in [9.17, 15) is 0 Å². The van der Waals surface area contributed by atoms with Crippen molar-refractivity contribution in [2.45, 2.75) is 26.3 Å². The second kappa shape index (κ2) is 5.71. The summed E-state index contributed by atoms with van der Waals surface area (Å²) in [6.45, 7) is 4.30. The molecule has 0 fully saturated rings. The van der Waals surface area contributed by atoms with Crippen molar-refractivity contribution in [1.29, 1.82) is 0 Å². The van der Waals surface area contributed by atoms with Crippen molar-refractivity contribution in [3.8, 4) is 0 Å². The third kappa shape index (κ3) is 2.84. The molecule has 0 spiro atoms. The topological polar surface area (TPSA) is 26.0 Å². The Morgan fingerprint density at radius 1 is 0.857 bits per heavy atom. The van der Waals surface area contributed by atoms with Gasteiger partial charge in [0.1, 0.15) is 0 Å². The molecule has 1 nitrogen and oxygen atoms in total. The molecule has 1 atom stereocenters. The molecule has 2 N–H and O–H groups in total. The molecule has 0 radical (unpaired) electrons. The summed E-state index contributed by atoms with van der Waals surface area (Å²) in [6, 6.07) is 21.5. The summed E-state index contributed by atoms with van der Waals surface area (Å²) in [5.74, 6) is 0. The van der Waals surface area contributed by atoms with Gasteiger partial charge in [-0.2, -0.15) is 0 Å². The fraction of sp³-hybridized carbons (Fsp3) is 0.200. The lowest BCUT2D eigenvalue weighted by Gasteiger charge is -2.15. The maximum Gasteiger partial charge on any atom is 0.0341 e. The average molecular weight is 275 g/mol. The van der Waals surface area contributed by atoms with Gasteiger partial charge in [-0.3, -0.25) is 0 Å².